The van der Waals surface area contributed by atoms with E-state index in [1.54, 1.807) is 10.6 Å². The molecule has 0 unspecified atom stereocenters. The molecule has 5 nitrogen and oxygen atoms in total. The Kier molecular flexibility index (Phi) is 3.11. The molecule has 0 aliphatic heterocycles. The number of imidazole rings is 1. The maximum absolute atomic E-state index is 11.4. The van der Waals surface area contributed by atoms with Gasteiger partial charge in [-0.25, -0.2) is 9.78 Å². The molecule has 19 heavy (non-hydrogen) atoms. The summed E-state index contributed by atoms with van der Waals surface area (Å²) in [5.41, 5.74) is 0.888. The first kappa shape index (κ1) is 12.0. The van der Waals surface area contributed by atoms with Crippen LogP contribution in [0, 0.1) is 0 Å². The Morgan fingerprint density at radius 3 is 2.84 bits per heavy atom. The monoisotopic (exact) mass is 259 g/mol. The molecular formula is C14H17N3O2. The van der Waals surface area contributed by atoms with Crippen LogP contribution in [-0.2, 0) is 0 Å². The van der Waals surface area contributed by atoms with E-state index in [4.69, 9.17) is 0 Å². The van der Waals surface area contributed by atoms with Gasteiger partial charge in [0.15, 0.2) is 11.5 Å². The number of hydrogen-bond acceptors (Lipinski definition) is 3. The van der Waals surface area contributed by atoms with Crippen LogP contribution in [0.4, 0.5) is 5.82 Å². The molecule has 3 rings (SSSR count). The van der Waals surface area contributed by atoms with Crippen molar-refractivity contribution in [3.05, 3.63) is 30.1 Å². The molecule has 2 N–H and O–H groups in total. The van der Waals surface area contributed by atoms with E-state index in [0.29, 0.717) is 17.5 Å². The molecule has 1 aliphatic rings. The summed E-state index contributed by atoms with van der Waals surface area (Å²) >= 11 is 0. The predicted octanol–water partition coefficient (Wildman–Crippen LogP) is 2.78. The number of nitrogens with one attached hydrogen (secondary N) is 1. The third-order valence-electron chi connectivity index (χ3n) is 3.68. The SMILES string of the molecule is O=C(O)c1c(NC2CCCCC2)nc2ccccn12. The van der Waals surface area contributed by atoms with E-state index in [0.717, 1.165) is 12.8 Å². The van der Waals surface area contributed by atoms with Crippen molar-refractivity contribution in [2.45, 2.75) is 38.1 Å². The van der Waals surface area contributed by atoms with E-state index in [2.05, 4.69) is 10.3 Å². The van der Waals surface area contributed by atoms with E-state index >= 15 is 0 Å². The first-order valence-electron chi connectivity index (χ1n) is 6.72. The van der Waals surface area contributed by atoms with E-state index in [1.807, 2.05) is 18.2 Å². The fraction of sp³-hybridized carbons (Fsp3) is 0.429. The average molecular weight is 259 g/mol. The summed E-state index contributed by atoms with van der Waals surface area (Å²) in [5, 5.41) is 12.7. The predicted molar refractivity (Wildman–Crippen MR) is 72.6 cm³/mol. The van der Waals surface area contributed by atoms with Crippen molar-refractivity contribution in [3.8, 4) is 0 Å². The summed E-state index contributed by atoms with van der Waals surface area (Å²) in [6.07, 6.45) is 7.59. The molecule has 5 heteroatoms. The zero-order chi connectivity index (χ0) is 13.2. The third-order valence-corrected chi connectivity index (χ3v) is 3.68. The second kappa shape index (κ2) is 4.91. The fourth-order valence-electron chi connectivity index (χ4n) is 2.74. The van der Waals surface area contributed by atoms with Crippen LogP contribution in [0.15, 0.2) is 24.4 Å². The van der Waals surface area contributed by atoms with E-state index in [-0.39, 0.29) is 5.69 Å². The number of rotatable bonds is 3. The van der Waals surface area contributed by atoms with Crippen LogP contribution in [0.25, 0.3) is 5.65 Å². The molecule has 2 heterocycles. The average Bonchev–Trinajstić information content (AvgIpc) is 2.77. The minimum absolute atomic E-state index is 0.223. The number of carboxylic acids is 1. The highest BCUT2D eigenvalue weighted by molar-refractivity contribution is 5.93. The lowest BCUT2D eigenvalue weighted by Crippen LogP contribution is -2.23. The number of carbonyl (C=O) groups is 1. The zero-order valence-corrected chi connectivity index (χ0v) is 10.7. The summed E-state index contributed by atoms with van der Waals surface area (Å²) < 4.78 is 1.62. The van der Waals surface area contributed by atoms with E-state index in [9.17, 15) is 9.90 Å². The van der Waals surface area contributed by atoms with Gasteiger partial charge >= 0.3 is 5.97 Å². The Bertz CT molecular complexity index is 600. The number of fused-ring (bicyclic) bond motifs is 1. The quantitative estimate of drug-likeness (QED) is 0.889. The van der Waals surface area contributed by atoms with Crippen LogP contribution in [0.3, 0.4) is 0 Å². The minimum Gasteiger partial charge on any atom is -0.476 e. The number of pyridine rings is 1. The first-order chi connectivity index (χ1) is 9.25. The molecule has 2 aromatic rings. The van der Waals surface area contributed by atoms with Crippen molar-refractivity contribution in [3.63, 3.8) is 0 Å². The zero-order valence-electron chi connectivity index (χ0n) is 10.7. The summed E-state index contributed by atoms with van der Waals surface area (Å²) in [6, 6.07) is 5.83. The van der Waals surface area contributed by atoms with Gasteiger partial charge in [0.25, 0.3) is 0 Å². The molecule has 0 spiro atoms. The van der Waals surface area contributed by atoms with Crippen molar-refractivity contribution in [1.29, 1.82) is 0 Å². The number of nitrogens with zero attached hydrogens (tertiary/aromatic N) is 2. The van der Waals surface area contributed by atoms with Crippen LogP contribution in [0.1, 0.15) is 42.6 Å². The van der Waals surface area contributed by atoms with Crippen LogP contribution < -0.4 is 5.32 Å². The highest BCUT2D eigenvalue weighted by atomic mass is 16.4. The topological polar surface area (TPSA) is 66.6 Å². The van der Waals surface area contributed by atoms with Gasteiger partial charge < -0.3 is 10.4 Å². The maximum Gasteiger partial charge on any atom is 0.356 e. The van der Waals surface area contributed by atoms with Crippen molar-refractivity contribution in [2.75, 3.05) is 5.32 Å². The second-order valence-corrected chi connectivity index (χ2v) is 5.02. The molecular weight excluding hydrogens is 242 g/mol. The lowest BCUT2D eigenvalue weighted by molar-refractivity contribution is 0.0690. The van der Waals surface area contributed by atoms with Gasteiger partial charge in [0, 0.05) is 12.2 Å². The van der Waals surface area contributed by atoms with Crippen LogP contribution in [0.5, 0.6) is 0 Å². The normalized spacial score (nSPS) is 16.6. The molecule has 0 aromatic carbocycles. The Labute approximate surface area is 111 Å². The lowest BCUT2D eigenvalue weighted by Gasteiger charge is -2.22. The van der Waals surface area contributed by atoms with Crippen LogP contribution in [-0.4, -0.2) is 26.5 Å². The Hall–Kier alpha value is -2.04. The Balaban J connectivity index is 1.97. The number of anilines is 1. The second-order valence-electron chi connectivity index (χ2n) is 5.02. The van der Waals surface area contributed by atoms with Gasteiger partial charge in [-0.05, 0) is 25.0 Å². The lowest BCUT2D eigenvalue weighted by atomic mass is 9.95. The number of carboxylic acid groups (broad SMARTS) is 1. The van der Waals surface area contributed by atoms with E-state index < -0.39 is 5.97 Å². The highest BCUT2D eigenvalue weighted by Gasteiger charge is 2.21. The van der Waals surface area contributed by atoms with Gasteiger partial charge in [-0.3, -0.25) is 4.40 Å². The standard InChI is InChI=1S/C14H17N3O2/c18-14(19)12-13(15-10-6-2-1-3-7-10)16-11-8-4-5-9-17(11)12/h4-5,8-10,15H,1-3,6-7H2,(H,18,19). The molecule has 1 aliphatic carbocycles. The highest BCUT2D eigenvalue weighted by Crippen LogP contribution is 2.24. The Morgan fingerprint density at radius 2 is 2.11 bits per heavy atom. The largest absolute Gasteiger partial charge is 0.476 e. The van der Waals surface area contributed by atoms with E-state index in [1.165, 1.54) is 19.3 Å². The molecule has 0 radical (unpaired) electrons. The van der Waals surface area contributed by atoms with Crippen molar-refractivity contribution < 1.29 is 9.90 Å². The molecule has 1 saturated carbocycles. The van der Waals surface area contributed by atoms with Crippen molar-refractivity contribution in [1.82, 2.24) is 9.38 Å². The Morgan fingerprint density at radius 1 is 1.32 bits per heavy atom. The van der Waals surface area contributed by atoms with Crippen LogP contribution in [0.2, 0.25) is 0 Å². The molecule has 1 fully saturated rings. The fourth-order valence-corrected chi connectivity index (χ4v) is 2.74. The third kappa shape index (κ3) is 2.28. The maximum atomic E-state index is 11.4. The number of aromatic nitrogens is 2. The van der Waals surface area contributed by atoms with Gasteiger partial charge in [0.2, 0.25) is 0 Å². The molecule has 2 aromatic heterocycles. The summed E-state index contributed by atoms with van der Waals surface area (Å²) in [6.45, 7) is 0. The van der Waals surface area contributed by atoms with Gasteiger partial charge in [0.05, 0.1) is 0 Å². The molecule has 0 atom stereocenters. The van der Waals surface area contributed by atoms with Crippen LogP contribution >= 0.6 is 0 Å². The first-order valence-corrected chi connectivity index (χ1v) is 6.72. The molecule has 100 valence electrons. The van der Waals surface area contributed by atoms with Gasteiger partial charge in [-0.1, -0.05) is 25.3 Å². The molecule has 0 bridgehead atoms. The number of hydrogen-bond donors (Lipinski definition) is 2. The molecule has 0 saturated heterocycles. The smallest absolute Gasteiger partial charge is 0.356 e. The van der Waals surface area contributed by atoms with Gasteiger partial charge in [-0.2, -0.15) is 0 Å². The van der Waals surface area contributed by atoms with Crippen molar-refractivity contribution >= 4 is 17.4 Å². The van der Waals surface area contributed by atoms with Gasteiger partial charge in [0.1, 0.15) is 5.65 Å². The van der Waals surface area contributed by atoms with Gasteiger partial charge in [-0.15, -0.1) is 0 Å². The number of aromatic carboxylic acids is 1. The summed E-state index contributed by atoms with van der Waals surface area (Å²) in [7, 11) is 0. The minimum atomic E-state index is -0.947. The molecule has 0 amide bonds. The van der Waals surface area contributed by atoms with Crippen molar-refractivity contribution in [2.24, 2.45) is 0 Å². The summed E-state index contributed by atoms with van der Waals surface area (Å²) in [4.78, 5) is 15.8. The summed E-state index contributed by atoms with van der Waals surface area (Å²) in [5.74, 6) is -0.456.